The first-order valence-electron chi connectivity index (χ1n) is 3.95. The van der Waals surface area contributed by atoms with E-state index in [1.54, 1.807) is 0 Å². The van der Waals surface area contributed by atoms with Crippen LogP contribution in [-0.2, 0) is 9.05 Å². The highest BCUT2D eigenvalue weighted by Crippen LogP contribution is 2.32. The minimum Gasteiger partial charge on any atom is -0.400 e. The molecule has 0 saturated carbocycles. The van der Waals surface area contributed by atoms with Crippen molar-refractivity contribution in [2.45, 2.75) is 11.4 Å². The molecule has 1 aromatic rings. The Hall–Kier alpha value is -1.73. The van der Waals surface area contributed by atoms with Gasteiger partial charge in [-0.2, -0.15) is 5.26 Å². The van der Waals surface area contributed by atoms with Gasteiger partial charge in [0.2, 0.25) is 0 Å². The van der Waals surface area contributed by atoms with Gasteiger partial charge in [0.25, 0.3) is 9.05 Å². The van der Waals surface area contributed by atoms with Gasteiger partial charge in [-0.25, -0.2) is 13.4 Å². The maximum absolute atomic E-state index is 12.0. The second kappa shape index (κ2) is 4.51. The number of pyridine rings is 1. The van der Waals surface area contributed by atoms with E-state index >= 15 is 0 Å². The number of ether oxygens (including phenoxy) is 1. The van der Waals surface area contributed by atoms with Gasteiger partial charge < -0.3 is 10.5 Å². The Morgan fingerprint density at radius 1 is 1.50 bits per heavy atom. The van der Waals surface area contributed by atoms with Crippen LogP contribution in [0.1, 0.15) is 5.69 Å². The quantitative estimate of drug-likeness (QED) is 0.827. The number of alkyl halides is 3. The molecule has 11 heteroatoms. The summed E-state index contributed by atoms with van der Waals surface area (Å²) in [7, 11) is 0.601. The molecule has 6 nitrogen and oxygen atoms in total. The first-order chi connectivity index (χ1) is 8.04. The normalized spacial score (nSPS) is 11.9. The van der Waals surface area contributed by atoms with Crippen LogP contribution in [0.3, 0.4) is 0 Å². The maximum atomic E-state index is 12.0. The molecular formula is C7H3ClF3N3O3S. The fourth-order valence-electron chi connectivity index (χ4n) is 0.952. The molecule has 2 N–H and O–H groups in total. The highest BCUT2D eigenvalue weighted by Gasteiger charge is 2.34. The number of nitriles is 1. The number of halogens is 4. The smallest absolute Gasteiger partial charge is 0.400 e. The average molecular weight is 302 g/mol. The van der Waals surface area contributed by atoms with E-state index in [4.69, 9.17) is 21.7 Å². The number of nitrogens with zero attached hydrogens (tertiary/aromatic N) is 2. The fraction of sp³-hybridized carbons (Fsp3) is 0.143. The lowest BCUT2D eigenvalue weighted by Crippen LogP contribution is -2.19. The van der Waals surface area contributed by atoms with Gasteiger partial charge in [-0.15, -0.1) is 13.2 Å². The molecule has 98 valence electrons. The number of hydrogen-bond donors (Lipinski definition) is 1. The van der Waals surface area contributed by atoms with Gasteiger partial charge in [0, 0.05) is 16.7 Å². The SMILES string of the molecule is N#Cc1nc(S(=O)(=O)Cl)cc(N)c1OC(F)(F)F. The average Bonchev–Trinajstić information content (AvgIpc) is 2.17. The van der Waals surface area contributed by atoms with E-state index in [1.165, 1.54) is 6.07 Å². The largest absolute Gasteiger partial charge is 0.573 e. The summed E-state index contributed by atoms with van der Waals surface area (Å²) >= 11 is 0. The lowest BCUT2D eigenvalue weighted by atomic mass is 10.3. The summed E-state index contributed by atoms with van der Waals surface area (Å²) < 4.78 is 61.4. The number of anilines is 1. The third-order valence-electron chi connectivity index (χ3n) is 1.55. The second-order valence-electron chi connectivity index (χ2n) is 2.82. The zero-order valence-corrected chi connectivity index (χ0v) is 9.77. The van der Waals surface area contributed by atoms with Crippen molar-refractivity contribution in [2.75, 3.05) is 5.73 Å². The molecule has 0 fully saturated rings. The third kappa shape index (κ3) is 3.38. The van der Waals surface area contributed by atoms with Crippen molar-refractivity contribution < 1.29 is 26.3 Å². The summed E-state index contributed by atoms with van der Waals surface area (Å²) in [6, 6.07) is 1.79. The van der Waals surface area contributed by atoms with E-state index in [2.05, 4.69) is 9.72 Å². The Labute approximate surface area is 103 Å². The van der Waals surface area contributed by atoms with Crippen LogP contribution in [0.2, 0.25) is 0 Å². The minimum absolute atomic E-state index is 0.560. The minimum atomic E-state index is -5.09. The molecule has 0 amide bonds. The van der Waals surface area contributed by atoms with Gasteiger partial charge in [0.05, 0.1) is 5.69 Å². The van der Waals surface area contributed by atoms with Crippen molar-refractivity contribution in [1.82, 2.24) is 4.98 Å². The van der Waals surface area contributed by atoms with E-state index in [0.29, 0.717) is 6.07 Å². The molecule has 0 aromatic carbocycles. The molecule has 0 aliphatic carbocycles. The molecule has 18 heavy (non-hydrogen) atoms. The van der Waals surface area contributed by atoms with Gasteiger partial charge in [0.15, 0.2) is 16.5 Å². The van der Waals surface area contributed by atoms with Crippen LogP contribution in [0, 0.1) is 11.3 Å². The highest BCUT2D eigenvalue weighted by atomic mass is 35.7. The zero-order valence-electron chi connectivity index (χ0n) is 8.19. The Morgan fingerprint density at radius 2 is 2.06 bits per heavy atom. The van der Waals surface area contributed by atoms with Crippen molar-refractivity contribution in [3.63, 3.8) is 0 Å². The Bertz CT molecular complexity index is 623. The molecule has 1 heterocycles. The molecule has 0 spiro atoms. The Kier molecular flexibility index (Phi) is 3.59. The maximum Gasteiger partial charge on any atom is 0.573 e. The summed E-state index contributed by atoms with van der Waals surface area (Å²) in [4.78, 5) is 3.12. The monoisotopic (exact) mass is 301 g/mol. The van der Waals surface area contributed by atoms with Crippen molar-refractivity contribution in [2.24, 2.45) is 0 Å². The summed E-state index contributed by atoms with van der Waals surface area (Å²) in [6.45, 7) is 0. The topological polar surface area (TPSA) is 106 Å². The van der Waals surface area contributed by atoms with E-state index in [9.17, 15) is 21.6 Å². The highest BCUT2D eigenvalue weighted by molar-refractivity contribution is 8.13. The van der Waals surface area contributed by atoms with Crippen molar-refractivity contribution >= 4 is 25.4 Å². The van der Waals surface area contributed by atoms with Crippen LogP contribution in [0.25, 0.3) is 0 Å². The zero-order chi connectivity index (χ0) is 14.1. The third-order valence-corrected chi connectivity index (χ3v) is 2.73. The first-order valence-corrected chi connectivity index (χ1v) is 6.26. The molecule has 0 saturated heterocycles. The van der Waals surface area contributed by atoms with E-state index < -0.39 is 37.6 Å². The Morgan fingerprint density at radius 3 is 2.44 bits per heavy atom. The number of nitrogens with two attached hydrogens (primary N) is 1. The second-order valence-corrected chi connectivity index (χ2v) is 5.34. The van der Waals surface area contributed by atoms with Crippen LogP contribution in [-0.4, -0.2) is 19.8 Å². The molecule has 0 radical (unpaired) electrons. The molecule has 1 aromatic heterocycles. The lowest BCUT2D eigenvalue weighted by Gasteiger charge is -2.12. The summed E-state index contributed by atoms with van der Waals surface area (Å²) in [5, 5.41) is 7.74. The number of aromatic nitrogens is 1. The van der Waals surface area contributed by atoms with Crippen LogP contribution >= 0.6 is 10.7 Å². The van der Waals surface area contributed by atoms with E-state index in [1.807, 2.05) is 0 Å². The van der Waals surface area contributed by atoms with Crippen LogP contribution in [0.15, 0.2) is 11.1 Å². The summed E-state index contributed by atoms with van der Waals surface area (Å²) in [6.07, 6.45) is -5.09. The number of rotatable bonds is 2. The molecule has 1 rings (SSSR count). The predicted octanol–water partition coefficient (Wildman–Crippen LogP) is 1.36. The molecule has 0 bridgehead atoms. The van der Waals surface area contributed by atoms with Gasteiger partial charge in [-0.3, -0.25) is 0 Å². The van der Waals surface area contributed by atoms with Crippen molar-refractivity contribution in [3.05, 3.63) is 11.8 Å². The van der Waals surface area contributed by atoms with E-state index in [-0.39, 0.29) is 0 Å². The summed E-state index contributed by atoms with van der Waals surface area (Å²) in [5.74, 6) is -1.07. The molecule has 0 atom stereocenters. The fourth-order valence-corrected chi connectivity index (χ4v) is 1.66. The number of hydrogen-bond acceptors (Lipinski definition) is 6. The number of nitrogen functional groups attached to an aromatic ring is 1. The van der Waals surface area contributed by atoms with Crippen LogP contribution in [0.5, 0.6) is 5.75 Å². The lowest BCUT2D eigenvalue weighted by molar-refractivity contribution is -0.274. The standard InChI is InChI=1S/C7H3ClF3N3O3S/c8-18(15,16)5-1-3(13)6(4(2-12)14-5)17-7(9,10)11/h1H,(H2,13,14). The summed E-state index contributed by atoms with van der Waals surface area (Å²) in [5.41, 5.74) is 3.50. The van der Waals surface area contributed by atoms with Gasteiger partial charge in [-0.1, -0.05) is 0 Å². The van der Waals surface area contributed by atoms with Crippen LogP contribution in [0.4, 0.5) is 18.9 Å². The van der Waals surface area contributed by atoms with Crippen LogP contribution < -0.4 is 10.5 Å². The molecule has 0 aliphatic rings. The van der Waals surface area contributed by atoms with Gasteiger partial charge >= 0.3 is 6.36 Å². The predicted molar refractivity (Wildman–Crippen MR) is 53.1 cm³/mol. The first kappa shape index (κ1) is 14.3. The van der Waals surface area contributed by atoms with Crippen molar-refractivity contribution in [3.8, 4) is 11.8 Å². The van der Waals surface area contributed by atoms with E-state index in [0.717, 1.165) is 0 Å². The molecule has 0 unspecified atom stereocenters. The Balaban J connectivity index is 3.45. The van der Waals surface area contributed by atoms with Crippen molar-refractivity contribution in [1.29, 1.82) is 5.26 Å². The van der Waals surface area contributed by atoms with Gasteiger partial charge in [0.1, 0.15) is 6.07 Å². The molecule has 0 aliphatic heterocycles. The van der Waals surface area contributed by atoms with Gasteiger partial charge in [-0.05, 0) is 0 Å². The molecular weight excluding hydrogens is 299 g/mol.